The third kappa shape index (κ3) is 5.54. The lowest BCUT2D eigenvalue weighted by Crippen LogP contribution is -2.30. The Labute approximate surface area is 157 Å². The average molecular weight is 365 g/mol. The van der Waals surface area contributed by atoms with Crippen molar-refractivity contribution < 1.29 is 13.9 Å². The molecule has 0 radical (unpaired) electrons. The molecule has 0 bridgehead atoms. The van der Waals surface area contributed by atoms with Crippen LogP contribution in [0.5, 0.6) is 5.75 Å². The van der Waals surface area contributed by atoms with E-state index in [9.17, 15) is 9.18 Å². The van der Waals surface area contributed by atoms with Crippen molar-refractivity contribution in [3.63, 3.8) is 0 Å². The maximum atomic E-state index is 12.9. The molecule has 0 saturated heterocycles. The van der Waals surface area contributed by atoms with Crippen LogP contribution in [0.15, 0.2) is 73.1 Å². The molecule has 0 unspecified atom stereocenters. The highest BCUT2D eigenvalue weighted by molar-refractivity contribution is 5.89. The molecule has 1 N–H and O–H groups in total. The summed E-state index contributed by atoms with van der Waals surface area (Å²) < 4.78 is 18.6. The van der Waals surface area contributed by atoms with Crippen LogP contribution in [0, 0.1) is 5.82 Å². The molecular formula is C21H20FN3O2. The topological polar surface area (TPSA) is 54.5 Å². The molecule has 2 amide bonds. The van der Waals surface area contributed by atoms with Gasteiger partial charge in [0.15, 0.2) is 0 Å². The zero-order valence-corrected chi connectivity index (χ0v) is 14.9. The molecule has 0 aliphatic carbocycles. The van der Waals surface area contributed by atoms with Crippen molar-refractivity contribution in [2.45, 2.75) is 13.2 Å². The summed E-state index contributed by atoms with van der Waals surface area (Å²) in [4.78, 5) is 17.9. The van der Waals surface area contributed by atoms with Gasteiger partial charge in [-0.2, -0.15) is 0 Å². The Hall–Kier alpha value is -3.41. The van der Waals surface area contributed by atoms with E-state index < -0.39 is 0 Å². The maximum Gasteiger partial charge on any atom is 0.321 e. The summed E-state index contributed by atoms with van der Waals surface area (Å²) in [5.41, 5.74) is 2.50. The second-order valence-corrected chi connectivity index (χ2v) is 6.09. The lowest BCUT2D eigenvalue weighted by Gasteiger charge is -2.18. The van der Waals surface area contributed by atoms with Gasteiger partial charge in [-0.05, 0) is 48.0 Å². The predicted molar refractivity (Wildman–Crippen MR) is 102 cm³/mol. The van der Waals surface area contributed by atoms with Crippen LogP contribution in [-0.2, 0) is 13.2 Å². The van der Waals surface area contributed by atoms with E-state index in [-0.39, 0.29) is 11.8 Å². The van der Waals surface area contributed by atoms with Crippen molar-refractivity contribution in [2.24, 2.45) is 0 Å². The van der Waals surface area contributed by atoms with Gasteiger partial charge in [-0.1, -0.05) is 18.2 Å². The smallest absolute Gasteiger partial charge is 0.321 e. The number of carbonyl (C=O) groups excluding carboxylic acids is 1. The minimum Gasteiger partial charge on any atom is -0.489 e. The number of hydrogen-bond donors (Lipinski definition) is 1. The van der Waals surface area contributed by atoms with Gasteiger partial charge in [-0.3, -0.25) is 4.98 Å². The van der Waals surface area contributed by atoms with Crippen LogP contribution in [-0.4, -0.2) is 23.0 Å². The highest BCUT2D eigenvalue weighted by Crippen LogP contribution is 2.17. The molecule has 0 aliphatic heterocycles. The van der Waals surface area contributed by atoms with Gasteiger partial charge in [0, 0.05) is 37.2 Å². The first kappa shape index (κ1) is 18.4. The molecule has 0 spiro atoms. The Balaban J connectivity index is 1.51. The van der Waals surface area contributed by atoms with Crippen molar-refractivity contribution in [3.05, 3.63) is 90.0 Å². The van der Waals surface area contributed by atoms with Gasteiger partial charge in [0.25, 0.3) is 0 Å². The minimum absolute atomic E-state index is 0.247. The van der Waals surface area contributed by atoms with E-state index in [0.717, 1.165) is 11.1 Å². The van der Waals surface area contributed by atoms with Crippen molar-refractivity contribution in [3.8, 4) is 5.75 Å². The predicted octanol–water partition coefficient (Wildman–Crippen LogP) is 4.46. The molecule has 0 fully saturated rings. The largest absolute Gasteiger partial charge is 0.489 e. The van der Waals surface area contributed by atoms with Gasteiger partial charge in [0.05, 0.1) is 0 Å². The Kier molecular flexibility index (Phi) is 5.99. The number of anilines is 1. The van der Waals surface area contributed by atoms with E-state index >= 15 is 0 Å². The fourth-order valence-electron chi connectivity index (χ4n) is 2.44. The van der Waals surface area contributed by atoms with E-state index in [1.165, 1.54) is 17.0 Å². The van der Waals surface area contributed by atoms with Crippen LogP contribution in [0.25, 0.3) is 0 Å². The summed E-state index contributed by atoms with van der Waals surface area (Å²) in [6, 6.07) is 16.8. The van der Waals surface area contributed by atoms with Crippen molar-refractivity contribution in [1.29, 1.82) is 0 Å². The van der Waals surface area contributed by atoms with Gasteiger partial charge in [-0.15, -0.1) is 0 Å². The summed E-state index contributed by atoms with van der Waals surface area (Å²) in [6.07, 6.45) is 3.47. The maximum absolute atomic E-state index is 12.9. The summed E-state index contributed by atoms with van der Waals surface area (Å²) in [5.74, 6) is 0.410. The molecule has 3 aromatic rings. The van der Waals surface area contributed by atoms with E-state index in [2.05, 4.69) is 10.3 Å². The second-order valence-electron chi connectivity index (χ2n) is 6.09. The van der Waals surface area contributed by atoms with Gasteiger partial charge in [0.1, 0.15) is 18.2 Å². The highest BCUT2D eigenvalue weighted by atomic mass is 19.1. The minimum atomic E-state index is -0.295. The molecular weight excluding hydrogens is 345 g/mol. The lowest BCUT2D eigenvalue weighted by atomic mass is 10.2. The summed E-state index contributed by atoms with van der Waals surface area (Å²) >= 11 is 0. The van der Waals surface area contributed by atoms with E-state index in [0.29, 0.717) is 24.6 Å². The molecule has 3 rings (SSSR count). The third-order valence-electron chi connectivity index (χ3n) is 3.91. The van der Waals surface area contributed by atoms with Crippen LogP contribution < -0.4 is 10.1 Å². The Morgan fingerprint density at radius 1 is 1.07 bits per heavy atom. The number of hydrogen-bond acceptors (Lipinski definition) is 3. The van der Waals surface area contributed by atoms with Gasteiger partial charge < -0.3 is 15.0 Å². The number of nitrogens with one attached hydrogen (secondary N) is 1. The number of rotatable bonds is 6. The number of pyridine rings is 1. The van der Waals surface area contributed by atoms with Crippen LogP contribution >= 0.6 is 0 Å². The third-order valence-corrected chi connectivity index (χ3v) is 3.91. The van der Waals surface area contributed by atoms with Crippen LogP contribution in [0.2, 0.25) is 0 Å². The zero-order valence-electron chi connectivity index (χ0n) is 14.9. The SMILES string of the molecule is CN(Cc1ccc(F)cc1)C(=O)Nc1ccc(OCc2cccnc2)cc1. The standard InChI is InChI=1S/C21H20FN3O2/c1-25(14-16-4-6-18(22)7-5-16)21(26)24-19-8-10-20(11-9-19)27-15-17-3-2-12-23-13-17/h2-13H,14-15H2,1H3,(H,24,26). The second kappa shape index (κ2) is 8.80. The number of carbonyl (C=O) groups is 1. The molecule has 6 heteroatoms. The van der Waals surface area contributed by atoms with Gasteiger partial charge in [-0.25, -0.2) is 9.18 Å². The Morgan fingerprint density at radius 3 is 2.48 bits per heavy atom. The monoisotopic (exact) mass is 365 g/mol. The number of benzene rings is 2. The first-order valence-corrected chi connectivity index (χ1v) is 8.48. The number of ether oxygens (including phenoxy) is 1. The molecule has 138 valence electrons. The van der Waals surface area contributed by atoms with Crippen molar-refractivity contribution in [2.75, 3.05) is 12.4 Å². The average Bonchev–Trinajstić information content (AvgIpc) is 2.70. The van der Waals surface area contributed by atoms with E-state index in [1.54, 1.807) is 55.8 Å². The molecule has 0 aliphatic rings. The summed E-state index contributed by atoms with van der Waals surface area (Å²) in [7, 11) is 1.68. The summed E-state index contributed by atoms with van der Waals surface area (Å²) in [5, 5.41) is 2.82. The Bertz CT molecular complexity index is 868. The fourth-order valence-corrected chi connectivity index (χ4v) is 2.44. The number of amides is 2. The summed E-state index contributed by atoms with van der Waals surface area (Å²) in [6.45, 7) is 0.818. The number of aromatic nitrogens is 1. The quantitative estimate of drug-likeness (QED) is 0.701. The fraction of sp³-hybridized carbons (Fsp3) is 0.143. The van der Waals surface area contributed by atoms with Crippen LogP contribution in [0.3, 0.4) is 0 Å². The normalized spacial score (nSPS) is 10.3. The zero-order chi connectivity index (χ0) is 19.1. The first-order valence-electron chi connectivity index (χ1n) is 8.48. The molecule has 2 aromatic carbocycles. The van der Waals surface area contributed by atoms with Crippen molar-refractivity contribution >= 4 is 11.7 Å². The van der Waals surface area contributed by atoms with Crippen molar-refractivity contribution in [1.82, 2.24) is 9.88 Å². The molecule has 0 atom stereocenters. The number of halogens is 1. The number of nitrogens with zero attached hydrogens (tertiary/aromatic N) is 2. The van der Waals surface area contributed by atoms with E-state index in [4.69, 9.17) is 4.74 Å². The lowest BCUT2D eigenvalue weighted by molar-refractivity contribution is 0.220. The van der Waals surface area contributed by atoms with E-state index in [1.807, 2.05) is 12.1 Å². The Morgan fingerprint density at radius 2 is 1.81 bits per heavy atom. The number of urea groups is 1. The van der Waals surface area contributed by atoms with Crippen LogP contribution in [0.4, 0.5) is 14.9 Å². The molecule has 1 aromatic heterocycles. The molecule has 1 heterocycles. The highest BCUT2D eigenvalue weighted by Gasteiger charge is 2.09. The van der Waals surface area contributed by atoms with Gasteiger partial charge in [0.2, 0.25) is 0 Å². The van der Waals surface area contributed by atoms with Gasteiger partial charge >= 0.3 is 6.03 Å². The first-order chi connectivity index (χ1) is 13.1. The molecule has 27 heavy (non-hydrogen) atoms. The molecule has 0 saturated carbocycles. The van der Waals surface area contributed by atoms with Crippen LogP contribution in [0.1, 0.15) is 11.1 Å². The molecule has 5 nitrogen and oxygen atoms in total.